The lowest BCUT2D eigenvalue weighted by Gasteiger charge is -2.37. The van der Waals surface area contributed by atoms with Crippen molar-refractivity contribution in [2.24, 2.45) is 11.5 Å². The van der Waals surface area contributed by atoms with Gasteiger partial charge in [0, 0.05) is 77.7 Å². The van der Waals surface area contributed by atoms with Crippen molar-refractivity contribution in [2.45, 2.75) is 64.0 Å². The lowest BCUT2D eigenvalue weighted by Crippen LogP contribution is -2.51. The predicted molar refractivity (Wildman–Crippen MR) is 234 cm³/mol. The molecule has 3 aromatic rings. The van der Waals surface area contributed by atoms with Crippen molar-refractivity contribution in [3.63, 3.8) is 0 Å². The zero-order valence-corrected chi connectivity index (χ0v) is 36.8. The van der Waals surface area contributed by atoms with Gasteiger partial charge in [-0.25, -0.2) is 9.36 Å². The van der Waals surface area contributed by atoms with Gasteiger partial charge >= 0.3 is 5.97 Å². The van der Waals surface area contributed by atoms with Crippen LogP contribution in [0, 0.1) is 12.3 Å². The number of carboxylic acids is 1. The van der Waals surface area contributed by atoms with Gasteiger partial charge in [0.1, 0.15) is 19.2 Å². The van der Waals surface area contributed by atoms with E-state index < -0.39 is 12.0 Å². The summed E-state index contributed by atoms with van der Waals surface area (Å²) in [6, 6.07) is -0.592. The van der Waals surface area contributed by atoms with Crippen molar-refractivity contribution in [1.29, 1.82) is 0 Å². The molecule has 5 heterocycles. The van der Waals surface area contributed by atoms with Gasteiger partial charge < -0.3 is 55.7 Å². The second kappa shape index (κ2) is 27.7. The van der Waals surface area contributed by atoms with E-state index in [0.29, 0.717) is 135 Å². The minimum atomic E-state index is -0.926. The maximum absolute atomic E-state index is 14.0. The largest absolute Gasteiger partial charge is 0.481 e. The van der Waals surface area contributed by atoms with Gasteiger partial charge in [0.05, 0.1) is 50.8 Å². The first-order chi connectivity index (χ1) is 30.3. The van der Waals surface area contributed by atoms with Gasteiger partial charge in [0.15, 0.2) is 0 Å². The predicted octanol–water partition coefficient (Wildman–Crippen LogP) is -0.762. The molecule has 3 aromatic heterocycles. The van der Waals surface area contributed by atoms with Crippen molar-refractivity contribution in [1.82, 2.24) is 54.7 Å². The van der Waals surface area contributed by atoms with Crippen LogP contribution >= 0.6 is 12.4 Å². The minimum Gasteiger partial charge on any atom is -0.481 e. The average molecular weight is 903 g/mol. The Labute approximate surface area is 374 Å². The van der Waals surface area contributed by atoms with E-state index in [2.05, 4.69) is 31.9 Å². The molecule has 0 spiro atoms. The molecule has 6 N–H and O–H groups in total. The maximum Gasteiger partial charge on any atom is 0.303 e. The van der Waals surface area contributed by atoms with Gasteiger partial charge in [-0.15, -0.1) is 29.0 Å². The zero-order valence-electron chi connectivity index (χ0n) is 36.0. The SMILES string of the molecule is C#CCOCCOCCOCCNc1nc(N2CCN(C(=O)Cn3cc(CCCCN)nn3)CC2)nc(N2CCN(C(=O)[C@H](CCCCN)n3cc(CCC(=O)O)nn3)CC2)n1.Cl. The van der Waals surface area contributed by atoms with E-state index in [4.69, 9.17) is 52.2 Å². The number of carbonyl (C=O) groups is 3. The summed E-state index contributed by atoms with van der Waals surface area (Å²) in [5.41, 5.74) is 12.7. The summed E-state index contributed by atoms with van der Waals surface area (Å²) in [6.07, 6.45) is 13.4. The zero-order chi connectivity index (χ0) is 43.9. The molecular weight excluding hydrogens is 840 g/mol. The number of rotatable bonds is 28. The number of aliphatic carboxylic acids is 1. The van der Waals surface area contributed by atoms with Crippen LogP contribution in [0.2, 0.25) is 0 Å². The molecule has 1 atom stereocenters. The molecule has 0 unspecified atom stereocenters. The highest BCUT2D eigenvalue weighted by molar-refractivity contribution is 5.85. The summed E-state index contributed by atoms with van der Waals surface area (Å²) in [6.45, 7) is 7.76. The van der Waals surface area contributed by atoms with Gasteiger partial charge in [-0.2, -0.15) is 15.0 Å². The lowest BCUT2D eigenvalue weighted by atomic mass is 10.1. The first-order valence-electron chi connectivity index (χ1n) is 21.4. The number of nitrogens with two attached hydrogens (primary N) is 2. The Morgan fingerprint density at radius 3 is 2.02 bits per heavy atom. The summed E-state index contributed by atoms with van der Waals surface area (Å²) in [5, 5.41) is 29.1. The number of hydrogen-bond acceptors (Lipinski definition) is 18. The number of hydrogen-bond donors (Lipinski definition) is 4. The van der Waals surface area contributed by atoms with E-state index in [0.717, 1.165) is 37.8 Å². The number of amides is 2. The molecule has 2 aliphatic rings. The molecule has 63 heavy (non-hydrogen) atoms. The molecule has 2 aliphatic heterocycles. The molecule has 2 fully saturated rings. The van der Waals surface area contributed by atoms with Crippen molar-refractivity contribution in [3.8, 4) is 12.3 Å². The van der Waals surface area contributed by atoms with Crippen LogP contribution in [0.4, 0.5) is 17.8 Å². The Bertz CT molecular complexity index is 1860. The monoisotopic (exact) mass is 902 g/mol. The van der Waals surface area contributed by atoms with E-state index in [1.54, 1.807) is 15.6 Å². The molecule has 0 bridgehead atoms. The highest BCUT2D eigenvalue weighted by Crippen LogP contribution is 2.23. The molecule has 348 valence electrons. The molecule has 0 aliphatic carbocycles. The minimum absolute atomic E-state index is 0. The number of aryl methyl sites for hydroxylation is 2. The Morgan fingerprint density at radius 2 is 1.37 bits per heavy atom. The number of terminal acetylenes is 1. The highest BCUT2D eigenvalue weighted by atomic mass is 35.5. The number of halogens is 1. The van der Waals surface area contributed by atoms with E-state index >= 15 is 0 Å². The number of piperazine rings is 2. The molecule has 0 aromatic carbocycles. The summed E-state index contributed by atoms with van der Waals surface area (Å²) in [7, 11) is 0. The molecule has 0 saturated carbocycles. The quantitative estimate of drug-likeness (QED) is 0.0515. The molecular formula is C39H63ClN16O7. The Kier molecular flexibility index (Phi) is 22.2. The van der Waals surface area contributed by atoms with Crippen LogP contribution in [-0.4, -0.2) is 189 Å². The molecule has 0 radical (unpaired) electrons. The van der Waals surface area contributed by atoms with Gasteiger partial charge in [0.2, 0.25) is 29.7 Å². The summed E-state index contributed by atoms with van der Waals surface area (Å²) < 4.78 is 19.6. The Morgan fingerprint density at radius 1 is 0.762 bits per heavy atom. The number of anilines is 3. The first-order valence-corrected chi connectivity index (χ1v) is 21.4. The standard InChI is InChI=1S/C39H62N16O7.ClH/c1-2-22-60-24-26-62-27-25-61-23-13-42-37-43-38(52-18-14-50(15-19-52)34(56)30-54-28-31(46-48-54)7-3-5-11-40)45-39(44-37)53-20-16-51(17-21-53)36(59)33(8-4-6-12-41)55-29-32(47-49-55)9-10-35(57)58;/h1,28-29,33H,3-27,30,40-41H2,(H,57,58)(H,42,43,44,45);1H/t33-;/m0./s1. The fourth-order valence-corrected chi connectivity index (χ4v) is 6.90. The smallest absolute Gasteiger partial charge is 0.303 e. The van der Waals surface area contributed by atoms with E-state index in [9.17, 15) is 14.4 Å². The topological polar surface area (TPSA) is 276 Å². The van der Waals surface area contributed by atoms with Gasteiger partial charge in [-0.3, -0.25) is 14.4 Å². The first kappa shape index (κ1) is 50.4. The van der Waals surface area contributed by atoms with Crippen LogP contribution in [0.5, 0.6) is 0 Å². The van der Waals surface area contributed by atoms with Crippen LogP contribution in [0.25, 0.3) is 0 Å². The fourth-order valence-electron chi connectivity index (χ4n) is 6.90. The second-order valence-electron chi connectivity index (χ2n) is 14.9. The Balaban J connectivity index is 0.00000871. The van der Waals surface area contributed by atoms with Crippen LogP contribution in [-0.2, 0) is 48.0 Å². The van der Waals surface area contributed by atoms with Crippen molar-refractivity contribution in [2.75, 3.05) is 127 Å². The molecule has 2 saturated heterocycles. The fraction of sp³-hybridized carbons (Fsp3) is 0.692. The summed E-state index contributed by atoms with van der Waals surface area (Å²) in [5.74, 6) is 2.69. The third kappa shape index (κ3) is 16.8. The number of carbonyl (C=O) groups excluding carboxylic acids is 2. The lowest BCUT2D eigenvalue weighted by molar-refractivity contribution is -0.137. The third-order valence-corrected chi connectivity index (χ3v) is 10.3. The van der Waals surface area contributed by atoms with Gasteiger partial charge in [-0.05, 0) is 51.6 Å². The van der Waals surface area contributed by atoms with Crippen molar-refractivity contribution in [3.05, 3.63) is 23.8 Å². The molecule has 23 nitrogen and oxygen atoms in total. The number of ether oxygens (including phenoxy) is 3. The number of nitrogens with zero attached hydrogens (tertiary/aromatic N) is 13. The van der Waals surface area contributed by atoms with Gasteiger partial charge in [0.25, 0.3) is 0 Å². The number of unbranched alkanes of at least 4 members (excludes halogenated alkanes) is 2. The maximum atomic E-state index is 14.0. The molecule has 24 heteroatoms. The normalized spacial score (nSPS) is 14.6. The van der Waals surface area contributed by atoms with Crippen molar-refractivity contribution >= 4 is 48.0 Å². The number of aromatic nitrogens is 9. The third-order valence-electron chi connectivity index (χ3n) is 10.3. The van der Waals surface area contributed by atoms with Crippen LogP contribution in [0.3, 0.4) is 0 Å². The molecule has 2 amide bonds. The van der Waals surface area contributed by atoms with Crippen LogP contribution in [0.1, 0.15) is 56.0 Å². The van der Waals surface area contributed by atoms with Crippen LogP contribution < -0.4 is 26.6 Å². The second-order valence-corrected chi connectivity index (χ2v) is 14.9. The number of nitrogens with one attached hydrogen (secondary N) is 1. The average Bonchev–Trinajstić information content (AvgIpc) is 3.96. The van der Waals surface area contributed by atoms with E-state index in [1.165, 1.54) is 0 Å². The molecule has 5 rings (SSSR count). The Hall–Kier alpha value is -5.25. The van der Waals surface area contributed by atoms with E-state index in [-0.39, 0.29) is 50.2 Å². The summed E-state index contributed by atoms with van der Waals surface area (Å²) in [4.78, 5) is 60.5. The highest BCUT2D eigenvalue weighted by Gasteiger charge is 2.31. The van der Waals surface area contributed by atoms with Gasteiger partial charge in [-0.1, -0.05) is 16.3 Å². The van der Waals surface area contributed by atoms with E-state index in [1.807, 2.05) is 25.8 Å². The van der Waals surface area contributed by atoms with Crippen LogP contribution in [0.15, 0.2) is 12.4 Å². The summed E-state index contributed by atoms with van der Waals surface area (Å²) >= 11 is 0. The number of carboxylic acid groups (broad SMARTS) is 1. The van der Waals surface area contributed by atoms with Crippen molar-refractivity contribution < 1.29 is 33.7 Å².